The molecular formula is C15H16BrFN2O2. The molecule has 2 rings (SSSR count). The predicted octanol–water partition coefficient (Wildman–Crippen LogP) is 4.63. The Labute approximate surface area is 130 Å². The van der Waals surface area contributed by atoms with Crippen molar-refractivity contribution in [2.24, 2.45) is 5.41 Å². The average molecular weight is 355 g/mol. The van der Waals surface area contributed by atoms with Crippen molar-refractivity contribution in [2.45, 2.75) is 32.0 Å². The molecule has 1 atom stereocenters. The molecule has 0 radical (unpaired) electrons. The van der Waals surface area contributed by atoms with Crippen LogP contribution in [0.3, 0.4) is 0 Å². The van der Waals surface area contributed by atoms with E-state index in [1.54, 1.807) is 12.1 Å². The van der Waals surface area contributed by atoms with Gasteiger partial charge in [-0.1, -0.05) is 36.7 Å². The van der Waals surface area contributed by atoms with Crippen LogP contribution in [0.5, 0.6) is 0 Å². The van der Waals surface area contributed by atoms with Gasteiger partial charge in [-0.25, -0.2) is 4.39 Å². The molecule has 0 amide bonds. The van der Waals surface area contributed by atoms with Gasteiger partial charge in [0, 0.05) is 16.6 Å². The van der Waals surface area contributed by atoms with E-state index < -0.39 is 10.7 Å². The largest absolute Gasteiger partial charge is 0.281 e. The van der Waals surface area contributed by atoms with Crippen LogP contribution in [-0.4, -0.2) is 14.7 Å². The smallest absolute Gasteiger partial charge is 0.258 e. The minimum absolute atomic E-state index is 0.0335. The van der Waals surface area contributed by atoms with Gasteiger partial charge in [-0.2, -0.15) is 0 Å². The average Bonchev–Trinajstić information content (AvgIpc) is 2.40. The number of aromatic nitrogens is 1. The van der Waals surface area contributed by atoms with Crippen molar-refractivity contribution in [3.63, 3.8) is 0 Å². The summed E-state index contributed by atoms with van der Waals surface area (Å²) in [6, 6.07) is 4.21. The lowest BCUT2D eigenvalue weighted by Crippen LogP contribution is -2.23. The number of fused-ring (bicyclic) bond motifs is 1. The molecule has 0 aliphatic heterocycles. The highest BCUT2D eigenvalue weighted by Gasteiger charge is 2.26. The SMILES string of the molecule is CC(C)(C)C(Br)Cc1c(F)cc([N+](=O)[O-])c2cccnc12. The van der Waals surface area contributed by atoms with Crippen LogP contribution in [0.25, 0.3) is 10.9 Å². The van der Waals surface area contributed by atoms with E-state index in [0.29, 0.717) is 22.9 Å². The number of benzene rings is 1. The van der Waals surface area contributed by atoms with E-state index in [1.807, 2.05) is 20.8 Å². The Balaban J connectivity index is 2.62. The quantitative estimate of drug-likeness (QED) is 0.458. The third-order valence-corrected chi connectivity index (χ3v) is 5.14. The van der Waals surface area contributed by atoms with Crippen LogP contribution in [0.4, 0.5) is 10.1 Å². The molecular weight excluding hydrogens is 339 g/mol. The number of non-ortho nitro benzene ring substituents is 1. The molecule has 112 valence electrons. The Hall–Kier alpha value is -1.56. The lowest BCUT2D eigenvalue weighted by Gasteiger charge is -2.26. The summed E-state index contributed by atoms with van der Waals surface area (Å²) in [7, 11) is 0. The minimum atomic E-state index is -0.582. The third kappa shape index (κ3) is 3.20. The molecule has 2 aromatic rings. The Morgan fingerprint density at radius 3 is 2.71 bits per heavy atom. The molecule has 1 heterocycles. The van der Waals surface area contributed by atoms with Gasteiger partial charge >= 0.3 is 0 Å². The normalized spacial score (nSPS) is 13.4. The van der Waals surface area contributed by atoms with Crippen LogP contribution in [0.2, 0.25) is 0 Å². The fraction of sp³-hybridized carbons (Fsp3) is 0.400. The Bertz CT molecular complexity index is 698. The van der Waals surface area contributed by atoms with Crippen LogP contribution < -0.4 is 0 Å². The first-order valence-electron chi connectivity index (χ1n) is 6.56. The zero-order chi connectivity index (χ0) is 15.8. The van der Waals surface area contributed by atoms with E-state index in [0.717, 1.165) is 6.07 Å². The van der Waals surface area contributed by atoms with Crippen LogP contribution in [0, 0.1) is 21.3 Å². The second-order valence-electron chi connectivity index (χ2n) is 6.05. The van der Waals surface area contributed by atoms with Gasteiger partial charge < -0.3 is 0 Å². The molecule has 4 nitrogen and oxygen atoms in total. The summed E-state index contributed by atoms with van der Waals surface area (Å²) in [5.41, 5.74) is 0.460. The standard InChI is InChI=1S/C15H16BrFN2O2/c1-15(2,3)13(16)7-10-11(17)8-12(19(20)21)9-5-4-6-18-14(9)10/h4-6,8,13H,7H2,1-3H3. The van der Waals surface area contributed by atoms with Crippen molar-refractivity contribution in [2.75, 3.05) is 0 Å². The lowest BCUT2D eigenvalue weighted by molar-refractivity contribution is -0.383. The van der Waals surface area contributed by atoms with Gasteiger partial charge in [0.1, 0.15) is 5.82 Å². The zero-order valence-corrected chi connectivity index (χ0v) is 13.6. The number of nitrogens with zero attached hydrogens (tertiary/aromatic N) is 2. The second kappa shape index (κ2) is 5.67. The van der Waals surface area contributed by atoms with Crippen LogP contribution in [0.1, 0.15) is 26.3 Å². The van der Waals surface area contributed by atoms with E-state index in [-0.39, 0.29) is 15.9 Å². The van der Waals surface area contributed by atoms with E-state index in [4.69, 9.17) is 0 Å². The number of pyridine rings is 1. The van der Waals surface area contributed by atoms with Crippen molar-refractivity contribution in [1.82, 2.24) is 4.98 Å². The molecule has 21 heavy (non-hydrogen) atoms. The van der Waals surface area contributed by atoms with Crippen molar-refractivity contribution in [1.29, 1.82) is 0 Å². The maximum atomic E-state index is 14.3. The molecule has 0 saturated heterocycles. The lowest BCUT2D eigenvalue weighted by atomic mass is 9.87. The molecule has 0 aliphatic carbocycles. The summed E-state index contributed by atoms with van der Waals surface area (Å²) in [4.78, 5) is 14.7. The molecule has 0 N–H and O–H groups in total. The number of halogens is 2. The first-order valence-corrected chi connectivity index (χ1v) is 7.48. The van der Waals surface area contributed by atoms with Crippen LogP contribution >= 0.6 is 15.9 Å². The van der Waals surface area contributed by atoms with Gasteiger partial charge in [-0.05, 0) is 24.0 Å². The summed E-state index contributed by atoms with van der Waals surface area (Å²) in [6.07, 6.45) is 1.94. The van der Waals surface area contributed by atoms with Crippen molar-refractivity contribution in [3.8, 4) is 0 Å². The zero-order valence-electron chi connectivity index (χ0n) is 12.1. The third-order valence-electron chi connectivity index (χ3n) is 3.44. The van der Waals surface area contributed by atoms with Gasteiger partial charge in [0.25, 0.3) is 5.69 Å². The Morgan fingerprint density at radius 1 is 1.48 bits per heavy atom. The number of alkyl halides is 1. The maximum Gasteiger partial charge on any atom is 0.281 e. The van der Waals surface area contributed by atoms with Crippen molar-refractivity contribution < 1.29 is 9.31 Å². The highest BCUT2D eigenvalue weighted by molar-refractivity contribution is 9.09. The second-order valence-corrected chi connectivity index (χ2v) is 7.16. The van der Waals surface area contributed by atoms with Gasteiger partial charge in [0.05, 0.1) is 21.9 Å². The maximum absolute atomic E-state index is 14.3. The molecule has 1 aromatic heterocycles. The highest BCUT2D eigenvalue weighted by Crippen LogP contribution is 2.34. The Kier molecular flexibility index (Phi) is 4.27. The number of nitro benzene ring substituents is 1. The fourth-order valence-electron chi connectivity index (χ4n) is 2.08. The summed E-state index contributed by atoms with van der Waals surface area (Å²) >= 11 is 3.57. The Morgan fingerprint density at radius 2 is 2.14 bits per heavy atom. The van der Waals surface area contributed by atoms with E-state index in [2.05, 4.69) is 20.9 Å². The number of nitro groups is 1. The number of rotatable bonds is 3. The van der Waals surface area contributed by atoms with E-state index >= 15 is 0 Å². The molecule has 1 aromatic carbocycles. The van der Waals surface area contributed by atoms with Crippen molar-refractivity contribution in [3.05, 3.63) is 45.9 Å². The molecule has 0 fully saturated rings. The summed E-state index contributed by atoms with van der Waals surface area (Å²) in [6.45, 7) is 6.14. The molecule has 0 spiro atoms. The van der Waals surface area contributed by atoms with Crippen LogP contribution in [-0.2, 0) is 6.42 Å². The molecule has 0 aliphatic rings. The summed E-state index contributed by atoms with van der Waals surface area (Å²) in [5, 5.41) is 11.4. The van der Waals surface area contributed by atoms with Crippen molar-refractivity contribution >= 4 is 32.5 Å². The summed E-state index contributed by atoms with van der Waals surface area (Å²) in [5.74, 6) is -0.582. The van der Waals surface area contributed by atoms with Crippen LogP contribution in [0.15, 0.2) is 24.4 Å². The van der Waals surface area contributed by atoms with Gasteiger partial charge in [0.2, 0.25) is 0 Å². The monoisotopic (exact) mass is 354 g/mol. The van der Waals surface area contributed by atoms with Gasteiger partial charge in [0.15, 0.2) is 0 Å². The molecule has 6 heteroatoms. The molecule has 1 unspecified atom stereocenters. The fourth-order valence-corrected chi connectivity index (χ4v) is 2.40. The molecule has 0 bridgehead atoms. The highest BCUT2D eigenvalue weighted by atomic mass is 79.9. The van der Waals surface area contributed by atoms with Gasteiger partial charge in [-0.3, -0.25) is 15.1 Å². The topological polar surface area (TPSA) is 56.0 Å². The molecule has 0 saturated carbocycles. The first-order chi connectivity index (χ1) is 9.71. The minimum Gasteiger partial charge on any atom is -0.258 e. The van der Waals surface area contributed by atoms with E-state index in [9.17, 15) is 14.5 Å². The van der Waals surface area contributed by atoms with E-state index in [1.165, 1.54) is 6.20 Å². The number of hydrogen-bond donors (Lipinski definition) is 0. The predicted molar refractivity (Wildman–Crippen MR) is 84.2 cm³/mol. The number of hydrogen-bond acceptors (Lipinski definition) is 3. The van der Waals surface area contributed by atoms with Gasteiger partial charge in [-0.15, -0.1) is 0 Å². The summed E-state index contributed by atoms with van der Waals surface area (Å²) < 4.78 is 14.3. The first kappa shape index (κ1) is 15.8.